The van der Waals surface area contributed by atoms with Crippen LogP contribution in [0.1, 0.15) is 26.2 Å². The molecule has 0 saturated carbocycles. The fourth-order valence-corrected chi connectivity index (χ4v) is 2.41. The van der Waals surface area contributed by atoms with Gasteiger partial charge in [-0.3, -0.25) is 0 Å². The summed E-state index contributed by atoms with van der Waals surface area (Å²) in [6, 6.07) is 0. The quantitative estimate of drug-likeness (QED) is 0.762. The van der Waals surface area contributed by atoms with Gasteiger partial charge in [0.05, 0.1) is 0 Å². The van der Waals surface area contributed by atoms with Gasteiger partial charge >= 0.3 is 0 Å². The Hall–Kier alpha value is 0.920. The molecule has 3 heteroatoms. The first-order valence-corrected chi connectivity index (χ1v) is 5.71. The molecule has 64 valence electrons. The van der Waals surface area contributed by atoms with Gasteiger partial charge < -0.3 is 6.15 Å². The van der Waals surface area contributed by atoms with E-state index in [1.165, 1.54) is 19.3 Å². The SMILES string of the molecule is CCCCC(CBr)CBr.N. The number of hydrogen-bond acceptors (Lipinski definition) is 1. The Labute approximate surface area is 80.8 Å². The summed E-state index contributed by atoms with van der Waals surface area (Å²) in [5.41, 5.74) is 0. The molecule has 0 atom stereocenters. The molecule has 0 aromatic rings. The fraction of sp³-hybridized carbons (Fsp3) is 1.00. The van der Waals surface area contributed by atoms with Crippen molar-refractivity contribution >= 4 is 31.9 Å². The van der Waals surface area contributed by atoms with Crippen molar-refractivity contribution in [2.45, 2.75) is 26.2 Å². The van der Waals surface area contributed by atoms with Gasteiger partial charge in [0.15, 0.2) is 0 Å². The van der Waals surface area contributed by atoms with Crippen LogP contribution >= 0.6 is 31.9 Å². The Bertz CT molecular complexity index is 55.6. The predicted octanol–water partition coefficient (Wildman–Crippen LogP) is 3.74. The average Bonchev–Trinajstić information content (AvgIpc) is 1.91. The summed E-state index contributed by atoms with van der Waals surface area (Å²) in [4.78, 5) is 0. The van der Waals surface area contributed by atoms with Crippen molar-refractivity contribution in [3.8, 4) is 0 Å². The van der Waals surface area contributed by atoms with Crippen LogP contribution in [0.15, 0.2) is 0 Å². The highest BCUT2D eigenvalue weighted by molar-refractivity contribution is 9.09. The third-order valence-electron chi connectivity index (χ3n) is 1.40. The highest BCUT2D eigenvalue weighted by atomic mass is 79.9. The molecule has 0 aliphatic rings. The second kappa shape index (κ2) is 9.92. The van der Waals surface area contributed by atoms with Crippen molar-refractivity contribution in [1.29, 1.82) is 0 Å². The molecule has 0 saturated heterocycles. The van der Waals surface area contributed by atoms with E-state index in [4.69, 9.17) is 0 Å². The van der Waals surface area contributed by atoms with Crippen LogP contribution in [-0.2, 0) is 0 Å². The number of unbranched alkanes of at least 4 members (excludes halogenated alkanes) is 1. The molecule has 0 heterocycles. The summed E-state index contributed by atoms with van der Waals surface area (Å²) in [5.74, 6) is 0.838. The van der Waals surface area contributed by atoms with E-state index in [2.05, 4.69) is 38.8 Å². The van der Waals surface area contributed by atoms with E-state index in [1.54, 1.807) is 0 Å². The van der Waals surface area contributed by atoms with Crippen molar-refractivity contribution in [3.63, 3.8) is 0 Å². The van der Waals surface area contributed by atoms with E-state index in [0.29, 0.717) is 0 Å². The van der Waals surface area contributed by atoms with Crippen LogP contribution in [0.3, 0.4) is 0 Å². The zero-order chi connectivity index (χ0) is 7.11. The molecule has 3 N–H and O–H groups in total. The summed E-state index contributed by atoms with van der Waals surface area (Å²) in [7, 11) is 0. The fourth-order valence-electron chi connectivity index (χ4n) is 0.688. The molecule has 0 amide bonds. The standard InChI is InChI=1S/C7H14Br2.H3N/c1-2-3-4-7(5-8)6-9;/h7H,2-6H2,1H3;1H3. The molecule has 0 unspecified atom stereocenters. The molecule has 0 rings (SSSR count). The van der Waals surface area contributed by atoms with E-state index < -0.39 is 0 Å². The molecule has 0 aromatic heterocycles. The van der Waals surface area contributed by atoms with Crippen LogP contribution in [0, 0.1) is 5.92 Å². The summed E-state index contributed by atoms with van der Waals surface area (Å²) in [6.07, 6.45) is 4.03. The van der Waals surface area contributed by atoms with Gasteiger partial charge in [0.1, 0.15) is 0 Å². The Morgan fingerprint density at radius 1 is 1.20 bits per heavy atom. The maximum atomic E-state index is 3.48. The third-order valence-corrected chi connectivity index (χ3v) is 3.23. The molecule has 0 aliphatic carbocycles. The first-order valence-electron chi connectivity index (χ1n) is 3.47. The van der Waals surface area contributed by atoms with Crippen LogP contribution in [0.5, 0.6) is 0 Å². The van der Waals surface area contributed by atoms with Crippen LogP contribution in [0.2, 0.25) is 0 Å². The zero-order valence-corrected chi connectivity index (χ0v) is 9.75. The minimum absolute atomic E-state index is 0. The number of rotatable bonds is 5. The molecule has 10 heavy (non-hydrogen) atoms. The summed E-state index contributed by atoms with van der Waals surface area (Å²) in [5, 5.41) is 2.27. The molecule has 0 radical (unpaired) electrons. The van der Waals surface area contributed by atoms with Gasteiger partial charge in [-0.15, -0.1) is 0 Å². The topological polar surface area (TPSA) is 35.0 Å². The van der Waals surface area contributed by atoms with E-state index in [0.717, 1.165) is 16.6 Å². The van der Waals surface area contributed by atoms with Gasteiger partial charge in [-0.25, -0.2) is 0 Å². The number of halogens is 2. The molecular weight excluding hydrogens is 258 g/mol. The Morgan fingerprint density at radius 2 is 1.70 bits per heavy atom. The first kappa shape index (κ1) is 13.5. The van der Waals surface area contributed by atoms with Crippen LogP contribution in [0.25, 0.3) is 0 Å². The Kier molecular flexibility index (Phi) is 13.4. The van der Waals surface area contributed by atoms with E-state index >= 15 is 0 Å². The number of hydrogen-bond donors (Lipinski definition) is 1. The van der Waals surface area contributed by atoms with Crippen molar-refractivity contribution in [3.05, 3.63) is 0 Å². The van der Waals surface area contributed by atoms with Gasteiger partial charge in [-0.1, -0.05) is 51.6 Å². The zero-order valence-electron chi connectivity index (χ0n) is 6.58. The average molecular weight is 275 g/mol. The maximum Gasteiger partial charge on any atom is 0.00676 e. The molecule has 0 bridgehead atoms. The lowest BCUT2D eigenvalue weighted by Gasteiger charge is -2.07. The molecule has 0 fully saturated rings. The normalized spacial score (nSPS) is 9.60. The molecular formula is C7H17Br2N. The smallest absolute Gasteiger partial charge is 0.00676 e. The Morgan fingerprint density at radius 3 is 2.00 bits per heavy atom. The lowest BCUT2D eigenvalue weighted by Crippen LogP contribution is -2.02. The van der Waals surface area contributed by atoms with E-state index in [-0.39, 0.29) is 6.15 Å². The van der Waals surface area contributed by atoms with E-state index in [9.17, 15) is 0 Å². The van der Waals surface area contributed by atoms with Gasteiger partial charge in [0.2, 0.25) is 0 Å². The van der Waals surface area contributed by atoms with E-state index in [1.807, 2.05) is 0 Å². The molecule has 0 spiro atoms. The highest BCUT2D eigenvalue weighted by Gasteiger charge is 2.02. The lowest BCUT2D eigenvalue weighted by molar-refractivity contribution is 0.571. The van der Waals surface area contributed by atoms with Gasteiger partial charge in [-0.05, 0) is 12.3 Å². The van der Waals surface area contributed by atoms with Crippen LogP contribution < -0.4 is 6.15 Å². The van der Waals surface area contributed by atoms with Crippen LogP contribution in [0.4, 0.5) is 0 Å². The van der Waals surface area contributed by atoms with Gasteiger partial charge in [0.25, 0.3) is 0 Å². The lowest BCUT2D eigenvalue weighted by atomic mass is 10.1. The second-order valence-corrected chi connectivity index (χ2v) is 3.61. The van der Waals surface area contributed by atoms with Crippen LogP contribution in [-0.4, -0.2) is 10.7 Å². The number of alkyl halides is 2. The predicted molar refractivity (Wildman–Crippen MR) is 55.6 cm³/mol. The molecule has 1 nitrogen and oxygen atoms in total. The summed E-state index contributed by atoms with van der Waals surface area (Å²) >= 11 is 6.95. The van der Waals surface area contributed by atoms with Gasteiger partial charge in [0, 0.05) is 10.7 Å². The third kappa shape index (κ3) is 7.03. The molecule has 0 aliphatic heterocycles. The summed E-state index contributed by atoms with van der Waals surface area (Å²) < 4.78 is 0. The minimum Gasteiger partial charge on any atom is -0.344 e. The second-order valence-electron chi connectivity index (χ2n) is 2.32. The largest absolute Gasteiger partial charge is 0.344 e. The van der Waals surface area contributed by atoms with Crippen molar-refractivity contribution in [2.75, 3.05) is 10.7 Å². The van der Waals surface area contributed by atoms with Crippen molar-refractivity contribution in [1.82, 2.24) is 6.15 Å². The highest BCUT2D eigenvalue weighted by Crippen LogP contribution is 2.13. The van der Waals surface area contributed by atoms with Gasteiger partial charge in [-0.2, -0.15) is 0 Å². The maximum absolute atomic E-state index is 3.48. The van der Waals surface area contributed by atoms with Crippen molar-refractivity contribution in [2.24, 2.45) is 5.92 Å². The molecule has 0 aromatic carbocycles. The first-order chi connectivity index (χ1) is 4.35. The monoisotopic (exact) mass is 273 g/mol. The minimum atomic E-state index is 0. The summed E-state index contributed by atoms with van der Waals surface area (Å²) in [6.45, 7) is 2.24. The Balaban J connectivity index is 0. The van der Waals surface area contributed by atoms with Crippen molar-refractivity contribution < 1.29 is 0 Å².